The van der Waals surface area contributed by atoms with Gasteiger partial charge in [-0.05, 0) is 17.7 Å². The number of carbonyl (C=O) groups is 2. The maximum atomic E-state index is 12.0. The average Bonchev–Trinajstić information content (AvgIpc) is 2.37. The first-order valence-corrected chi connectivity index (χ1v) is 5.73. The maximum absolute atomic E-state index is 12.0. The second kappa shape index (κ2) is 6.25. The molecule has 1 aromatic rings. The molecule has 0 aliphatic rings. The summed E-state index contributed by atoms with van der Waals surface area (Å²) in [6.07, 6.45) is 0. The van der Waals surface area contributed by atoms with Crippen molar-refractivity contribution in [2.45, 2.75) is 5.88 Å². The molecule has 0 radical (unpaired) electrons. The minimum atomic E-state index is -0.200. The number of benzene rings is 1. The van der Waals surface area contributed by atoms with E-state index in [1.54, 1.807) is 25.2 Å². The van der Waals surface area contributed by atoms with Crippen LogP contribution in [0.15, 0.2) is 24.3 Å². The van der Waals surface area contributed by atoms with Gasteiger partial charge in [0.25, 0.3) is 5.91 Å². The highest BCUT2D eigenvalue weighted by molar-refractivity contribution is 6.17. The van der Waals surface area contributed by atoms with Crippen LogP contribution in [-0.4, -0.2) is 37.4 Å². The number of alkyl halides is 1. The van der Waals surface area contributed by atoms with Crippen molar-refractivity contribution in [2.75, 3.05) is 20.6 Å². The second-order valence-corrected chi connectivity index (χ2v) is 3.94. The predicted octanol–water partition coefficient (Wildman–Crippen LogP) is 1.24. The van der Waals surface area contributed by atoms with Crippen molar-refractivity contribution in [2.24, 2.45) is 0 Å². The number of halogens is 1. The van der Waals surface area contributed by atoms with Gasteiger partial charge in [0.2, 0.25) is 5.91 Å². The Hall–Kier alpha value is -1.55. The summed E-state index contributed by atoms with van der Waals surface area (Å²) in [5.74, 6) is -0.0322. The fourth-order valence-electron chi connectivity index (χ4n) is 1.37. The average molecular weight is 255 g/mol. The highest BCUT2D eigenvalue weighted by atomic mass is 35.5. The summed E-state index contributed by atoms with van der Waals surface area (Å²) in [4.78, 5) is 24.5. The van der Waals surface area contributed by atoms with Crippen LogP contribution in [0.4, 0.5) is 0 Å². The first-order chi connectivity index (χ1) is 8.08. The topological polar surface area (TPSA) is 49.4 Å². The zero-order valence-electron chi connectivity index (χ0n) is 9.87. The molecule has 92 valence electrons. The molecule has 0 fully saturated rings. The third-order valence-electron chi connectivity index (χ3n) is 2.33. The zero-order chi connectivity index (χ0) is 12.8. The summed E-state index contributed by atoms with van der Waals surface area (Å²) < 4.78 is 0. The molecule has 0 unspecified atom stereocenters. The Morgan fingerprint density at radius 3 is 2.71 bits per heavy atom. The van der Waals surface area contributed by atoms with Crippen LogP contribution < -0.4 is 5.32 Å². The van der Waals surface area contributed by atoms with Crippen molar-refractivity contribution >= 4 is 23.4 Å². The summed E-state index contributed by atoms with van der Waals surface area (Å²) in [6.45, 7) is 0.0421. The summed E-state index contributed by atoms with van der Waals surface area (Å²) >= 11 is 5.70. The highest BCUT2D eigenvalue weighted by Crippen LogP contribution is 2.09. The molecule has 5 heteroatoms. The monoisotopic (exact) mass is 254 g/mol. The normalized spacial score (nSPS) is 9.82. The van der Waals surface area contributed by atoms with Crippen LogP contribution in [0.2, 0.25) is 0 Å². The molecule has 0 spiro atoms. The molecular formula is C12H15ClN2O2. The van der Waals surface area contributed by atoms with Crippen LogP contribution in [0.1, 0.15) is 15.9 Å². The molecule has 0 saturated carbocycles. The standard InChI is InChI=1S/C12H15ClN2O2/c1-14-11(16)8-15(2)12(17)10-5-3-4-9(6-10)7-13/h3-6H,7-8H2,1-2H3,(H,14,16). The smallest absolute Gasteiger partial charge is 0.254 e. The molecule has 17 heavy (non-hydrogen) atoms. The lowest BCUT2D eigenvalue weighted by molar-refractivity contribution is -0.121. The maximum Gasteiger partial charge on any atom is 0.254 e. The van der Waals surface area contributed by atoms with Crippen LogP contribution in [-0.2, 0) is 10.7 Å². The van der Waals surface area contributed by atoms with Gasteiger partial charge in [0.15, 0.2) is 0 Å². The van der Waals surface area contributed by atoms with Gasteiger partial charge in [-0.25, -0.2) is 0 Å². The Balaban J connectivity index is 2.77. The fraction of sp³-hybridized carbons (Fsp3) is 0.333. The minimum Gasteiger partial charge on any atom is -0.358 e. The van der Waals surface area contributed by atoms with Gasteiger partial charge in [-0.3, -0.25) is 9.59 Å². The number of rotatable bonds is 4. The molecule has 1 N–H and O–H groups in total. The number of hydrogen-bond donors (Lipinski definition) is 1. The third-order valence-corrected chi connectivity index (χ3v) is 2.64. The van der Waals surface area contributed by atoms with Crippen LogP contribution >= 0.6 is 11.6 Å². The highest BCUT2D eigenvalue weighted by Gasteiger charge is 2.14. The molecule has 1 aromatic carbocycles. The summed E-state index contributed by atoms with van der Waals surface area (Å²) in [7, 11) is 3.12. The van der Waals surface area contributed by atoms with Gasteiger partial charge in [0, 0.05) is 25.5 Å². The van der Waals surface area contributed by atoms with E-state index in [9.17, 15) is 9.59 Å². The molecule has 0 heterocycles. The van der Waals surface area contributed by atoms with Crippen molar-refractivity contribution in [1.82, 2.24) is 10.2 Å². The van der Waals surface area contributed by atoms with E-state index in [1.807, 2.05) is 6.07 Å². The number of likely N-dealkylation sites (N-methyl/N-ethyl adjacent to an activating group) is 2. The molecule has 0 aliphatic carbocycles. The lowest BCUT2D eigenvalue weighted by atomic mass is 10.1. The molecule has 0 bridgehead atoms. The quantitative estimate of drug-likeness (QED) is 0.822. The lowest BCUT2D eigenvalue weighted by Crippen LogP contribution is -2.36. The van der Waals surface area contributed by atoms with E-state index in [1.165, 1.54) is 11.9 Å². The van der Waals surface area contributed by atoms with Crippen molar-refractivity contribution in [1.29, 1.82) is 0 Å². The molecule has 4 nitrogen and oxygen atoms in total. The van der Waals surface area contributed by atoms with E-state index in [-0.39, 0.29) is 18.4 Å². The largest absolute Gasteiger partial charge is 0.358 e. The van der Waals surface area contributed by atoms with Crippen molar-refractivity contribution in [3.05, 3.63) is 35.4 Å². The number of carbonyl (C=O) groups excluding carboxylic acids is 2. The first kappa shape index (κ1) is 13.5. The zero-order valence-corrected chi connectivity index (χ0v) is 10.6. The number of amides is 2. The summed E-state index contributed by atoms with van der Waals surface area (Å²) in [6, 6.07) is 7.07. The van der Waals surface area contributed by atoms with E-state index in [0.717, 1.165) is 5.56 Å². The van der Waals surface area contributed by atoms with Crippen molar-refractivity contribution in [3.8, 4) is 0 Å². The molecule has 1 rings (SSSR count). The minimum absolute atomic E-state index is 0.0421. The lowest BCUT2D eigenvalue weighted by Gasteiger charge is -2.16. The SMILES string of the molecule is CNC(=O)CN(C)C(=O)c1cccc(CCl)c1. The van der Waals surface area contributed by atoms with Crippen LogP contribution in [0.25, 0.3) is 0 Å². The van der Waals surface area contributed by atoms with Gasteiger partial charge in [-0.2, -0.15) is 0 Å². The Morgan fingerprint density at radius 1 is 1.41 bits per heavy atom. The van der Waals surface area contributed by atoms with Gasteiger partial charge >= 0.3 is 0 Å². The molecule has 2 amide bonds. The number of hydrogen-bond acceptors (Lipinski definition) is 2. The number of nitrogens with one attached hydrogen (secondary N) is 1. The van der Waals surface area contributed by atoms with Crippen LogP contribution in [0.5, 0.6) is 0 Å². The fourth-order valence-corrected chi connectivity index (χ4v) is 1.54. The Labute approximate surface area is 106 Å². The molecule has 0 aliphatic heterocycles. The third kappa shape index (κ3) is 3.75. The van der Waals surface area contributed by atoms with E-state index < -0.39 is 0 Å². The van der Waals surface area contributed by atoms with Crippen LogP contribution in [0.3, 0.4) is 0 Å². The Bertz CT molecular complexity index is 421. The van der Waals surface area contributed by atoms with E-state index in [2.05, 4.69) is 5.32 Å². The van der Waals surface area contributed by atoms with Gasteiger partial charge in [0.05, 0.1) is 6.54 Å². The van der Waals surface area contributed by atoms with E-state index in [4.69, 9.17) is 11.6 Å². The predicted molar refractivity (Wildman–Crippen MR) is 67.0 cm³/mol. The Morgan fingerprint density at radius 2 is 2.12 bits per heavy atom. The van der Waals surface area contributed by atoms with E-state index in [0.29, 0.717) is 11.4 Å². The van der Waals surface area contributed by atoms with Crippen LogP contribution in [0, 0.1) is 0 Å². The first-order valence-electron chi connectivity index (χ1n) is 5.19. The van der Waals surface area contributed by atoms with E-state index >= 15 is 0 Å². The van der Waals surface area contributed by atoms with Gasteiger partial charge < -0.3 is 10.2 Å². The molecule has 0 aromatic heterocycles. The van der Waals surface area contributed by atoms with Crippen molar-refractivity contribution in [3.63, 3.8) is 0 Å². The number of nitrogens with zero attached hydrogens (tertiary/aromatic N) is 1. The Kier molecular flexibility index (Phi) is 4.97. The molecule has 0 saturated heterocycles. The second-order valence-electron chi connectivity index (χ2n) is 3.67. The molecular weight excluding hydrogens is 240 g/mol. The van der Waals surface area contributed by atoms with Gasteiger partial charge in [0.1, 0.15) is 0 Å². The van der Waals surface area contributed by atoms with Gasteiger partial charge in [-0.15, -0.1) is 11.6 Å². The van der Waals surface area contributed by atoms with Crippen molar-refractivity contribution < 1.29 is 9.59 Å². The van der Waals surface area contributed by atoms with Gasteiger partial charge in [-0.1, -0.05) is 12.1 Å². The molecule has 0 atom stereocenters. The summed E-state index contributed by atoms with van der Waals surface area (Å²) in [5, 5.41) is 2.47. The summed E-state index contributed by atoms with van der Waals surface area (Å²) in [5.41, 5.74) is 1.42.